The van der Waals surface area contributed by atoms with E-state index in [1.807, 2.05) is 0 Å². The molecule has 140 valence electrons. The smallest absolute Gasteiger partial charge is 0.472 e. The highest BCUT2D eigenvalue weighted by atomic mass is 31.2. The molecule has 1 aromatic rings. The molecule has 0 bridgehead atoms. The van der Waals surface area contributed by atoms with Gasteiger partial charge in [-0.3, -0.25) is 13.6 Å². The number of aliphatic hydroxyl groups is 2. The van der Waals surface area contributed by atoms with Gasteiger partial charge in [-0.1, -0.05) is 0 Å². The van der Waals surface area contributed by atoms with Gasteiger partial charge in [-0.15, -0.1) is 0 Å². The van der Waals surface area contributed by atoms with Crippen LogP contribution in [0.4, 0.5) is 5.82 Å². The number of nitrogens with two attached hydrogens (primary N) is 1. The molecule has 0 amide bonds. The largest absolute Gasteiger partial charge is 0.480 e. The van der Waals surface area contributed by atoms with Crippen molar-refractivity contribution in [1.29, 1.82) is 0 Å². The highest BCUT2D eigenvalue weighted by Crippen LogP contribution is 2.44. The molecule has 14 heteroatoms. The molecule has 0 aliphatic carbocycles. The molecular weight excluding hydrogens is 365 g/mol. The van der Waals surface area contributed by atoms with Crippen LogP contribution in [0.2, 0.25) is 0 Å². The van der Waals surface area contributed by atoms with Crippen molar-refractivity contribution in [2.45, 2.75) is 24.5 Å². The van der Waals surface area contributed by atoms with E-state index in [0.717, 1.165) is 4.57 Å². The Morgan fingerprint density at radius 2 is 2.08 bits per heavy atom. The second-order valence-corrected chi connectivity index (χ2v) is 6.47. The van der Waals surface area contributed by atoms with Gasteiger partial charge in [0.25, 0.3) is 0 Å². The van der Waals surface area contributed by atoms with E-state index in [4.69, 9.17) is 15.6 Å². The third-order valence-corrected chi connectivity index (χ3v) is 4.15. The number of carbonyl (C=O) groups is 1. The molecule has 1 saturated heterocycles. The van der Waals surface area contributed by atoms with Crippen molar-refractivity contribution in [3.05, 3.63) is 22.7 Å². The second kappa shape index (κ2) is 7.58. The summed E-state index contributed by atoms with van der Waals surface area (Å²) in [7, 11) is -4.70. The number of nitrogen functional groups attached to an aromatic ring is 1. The SMILES string of the molecule is Nc1ccn([C@@H]2O[C@H](COP(=O)(O)OCC(=O)O)[C@@H](O)[C@H]2O)c(=O)n1. The molecule has 1 fully saturated rings. The molecule has 1 aliphatic rings. The molecule has 25 heavy (non-hydrogen) atoms. The van der Waals surface area contributed by atoms with Crippen molar-refractivity contribution in [3.63, 3.8) is 0 Å². The monoisotopic (exact) mass is 381 g/mol. The van der Waals surface area contributed by atoms with Crippen LogP contribution in [0.3, 0.4) is 0 Å². The van der Waals surface area contributed by atoms with E-state index in [-0.39, 0.29) is 5.82 Å². The van der Waals surface area contributed by atoms with E-state index in [0.29, 0.717) is 0 Å². The maximum Gasteiger partial charge on any atom is 0.472 e. The molecule has 1 aliphatic heterocycles. The van der Waals surface area contributed by atoms with Crippen LogP contribution >= 0.6 is 7.82 Å². The number of aliphatic carboxylic acids is 1. The van der Waals surface area contributed by atoms with E-state index in [1.54, 1.807) is 0 Å². The summed E-state index contributed by atoms with van der Waals surface area (Å²) in [5, 5.41) is 28.3. The number of rotatable bonds is 7. The van der Waals surface area contributed by atoms with Gasteiger partial charge in [0.15, 0.2) is 12.8 Å². The first-order chi connectivity index (χ1) is 11.6. The first kappa shape index (κ1) is 19.5. The van der Waals surface area contributed by atoms with Crippen molar-refractivity contribution in [1.82, 2.24) is 9.55 Å². The topological polar surface area (TPSA) is 204 Å². The fourth-order valence-corrected chi connectivity index (χ4v) is 2.74. The number of carboxylic acids is 1. The Balaban J connectivity index is 2.03. The van der Waals surface area contributed by atoms with Gasteiger partial charge in [-0.25, -0.2) is 14.2 Å². The lowest BCUT2D eigenvalue weighted by molar-refractivity contribution is -0.140. The minimum Gasteiger partial charge on any atom is -0.480 e. The molecule has 1 unspecified atom stereocenters. The first-order valence-corrected chi connectivity index (χ1v) is 8.30. The average Bonchev–Trinajstić information content (AvgIpc) is 2.80. The normalized spacial score (nSPS) is 28.6. The zero-order valence-electron chi connectivity index (χ0n) is 12.5. The fourth-order valence-electron chi connectivity index (χ4n) is 2.06. The molecule has 0 spiro atoms. The number of hydrogen-bond acceptors (Lipinski definition) is 10. The van der Waals surface area contributed by atoms with Crippen molar-refractivity contribution < 1.29 is 43.4 Å². The molecule has 5 atom stereocenters. The summed E-state index contributed by atoms with van der Waals surface area (Å²) in [5.74, 6) is -1.54. The maximum atomic E-state index is 11.8. The number of ether oxygens (including phenoxy) is 1. The van der Waals surface area contributed by atoms with Crippen LogP contribution in [-0.2, 0) is 23.1 Å². The van der Waals surface area contributed by atoms with Gasteiger partial charge in [0, 0.05) is 6.20 Å². The van der Waals surface area contributed by atoms with Gasteiger partial charge in [0.05, 0.1) is 6.61 Å². The highest BCUT2D eigenvalue weighted by molar-refractivity contribution is 7.47. The number of carboxylic acid groups (broad SMARTS) is 1. The molecule has 6 N–H and O–H groups in total. The Labute approximate surface area is 139 Å². The summed E-state index contributed by atoms with van der Waals surface area (Å²) < 4.78 is 26.3. The van der Waals surface area contributed by atoms with Gasteiger partial charge in [0.2, 0.25) is 0 Å². The minimum atomic E-state index is -4.70. The van der Waals surface area contributed by atoms with E-state index in [2.05, 4.69) is 14.0 Å². The van der Waals surface area contributed by atoms with Crippen molar-refractivity contribution >= 4 is 19.6 Å². The fraction of sp³-hybridized carbons (Fsp3) is 0.545. The first-order valence-electron chi connectivity index (χ1n) is 6.80. The Kier molecular flexibility index (Phi) is 5.90. The van der Waals surface area contributed by atoms with Gasteiger partial charge in [0.1, 0.15) is 24.1 Å². The quantitative estimate of drug-likeness (QED) is 0.315. The van der Waals surface area contributed by atoms with E-state index in [9.17, 15) is 29.3 Å². The number of phosphoric ester groups is 1. The molecule has 0 saturated carbocycles. The van der Waals surface area contributed by atoms with Crippen LogP contribution in [0.25, 0.3) is 0 Å². The van der Waals surface area contributed by atoms with Gasteiger partial charge < -0.3 is 30.7 Å². The lowest BCUT2D eigenvalue weighted by Gasteiger charge is -2.17. The standard InChI is InChI=1S/C11H16N3O10P/c12-6-1-2-14(11(19)13-6)10-9(18)8(17)5(24-10)3-22-25(20,21)23-4-7(15)16/h1-2,5,8-10,17-18H,3-4H2,(H,15,16)(H,20,21)(H2,12,13,19)/t5-,8-,9-,10-/m1/s1. The minimum absolute atomic E-state index is 0.0500. The van der Waals surface area contributed by atoms with Crippen LogP contribution in [0.1, 0.15) is 6.23 Å². The lowest BCUT2D eigenvalue weighted by Crippen LogP contribution is -2.36. The number of aromatic nitrogens is 2. The average molecular weight is 381 g/mol. The second-order valence-electron chi connectivity index (χ2n) is 5.02. The Bertz CT molecular complexity index is 739. The number of hydrogen-bond donors (Lipinski definition) is 5. The van der Waals surface area contributed by atoms with Crippen LogP contribution in [0.15, 0.2) is 17.1 Å². The maximum absolute atomic E-state index is 11.8. The lowest BCUT2D eigenvalue weighted by atomic mass is 10.1. The number of aliphatic hydroxyl groups excluding tert-OH is 2. The van der Waals surface area contributed by atoms with Gasteiger partial charge in [-0.2, -0.15) is 4.98 Å². The number of phosphoric acid groups is 1. The summed E-state index contributed by atoms with van der Waals surface area (Å²) >= 11 is 0. The van der Waals surface area contributed by atoms with Crippen LogP contribution in [-0.4, -0.2) is 67.3 Å². The predicted molar refractivity (Wildman–Crippen MR) is 78.2 cm³/mol. The van der Waals surface area contributed by atoms with E-state index >= 15 is 0 Å². The summed E-state index contributed by atoms with van der Waals surface area (Å²) in [6.45, 7) is -1.78. The summed E-state index contributed by atoms with van der Waals surface area (Å²) in [6, 6.07) is 1.27. The van der Waals surface area contributed by atoms with Crippen molar-refractivity contribution in [2.24, 2.45) is 0 Å². The molecule has 0 radical (unpaired) electrons. The van der Waals surface area contributed by atoms with Crippen LogP contribution in [0.5, 0.6) is 0 Å². The Hall–Kier alpha value is -1.86. The third kappa shape index (κ3) is 4.83. The highest BCUT2D eigenvalue weighted by Gasteiger charge is 2.45. The predicted octanol–water partition coefficient (Wildman–Crippen LogP) is -2.34. The van der Waals surface area contributed by atoms with Crippen LogP contribution < -0.4 is 11.4 Å². The Morgan fingerprint density at radius 1 is 1.40 bits per heavy atom. The zero-order chi connectivity index (χ0) is 18.8. The van der Waals surface area contributed by atoms with Gasteiger partial charge >= 0.3 is 19.5 Å². The summed E-state index contributed by atoms with van der Waals surface area (Å²) in [6.07, 6.45) is -4.55. The third-order valence-electron chi connectivity index (χ3n) is 3.22. The van der Waals surface area contributed by atoms with Crippen molar-refractivity contribution in [2.75, 3.05) is 18.9 Å². The van der Waals surface area contributed by atoms with Crippen LogP contribution in [0, 0.1) is 0 Å². The van der Waals surface area contributed by atoms with Crippen molar-refractivity contribution in [3.8, 4) is 0 Å². The Morgan fingerprint density at radius 3 is 2.68 bits per heavy atom. The van der Waals surface area contributed by atoms with E-state index < -0.39 is 57.2 Å². The molecule has 2 heterocycles. The molecular formula is C11H16N3O10P. The molecule has 2 rings (SSSR count). The number of nitrogens with zero attached hydrogens (tertiary/aromatic N) is 2. The number of anilines is 1. The van der Waals surface area contributed by atoms with E-state index in [1.165, 1.54) is 12.3 Å². The summed E-state index contributed by atoms with van der Waals surface area (Å²) in [5.41, 5.74) is 4.51. The molecule has 0 aromatic carbocycles. The molecule has 1 aromatic heterocycles. The summed E-state index contributed by atoms with van der Waals surface area (Å²) in [4.78, 5) is 34.8. The molecule has 13 nitrogen and oxygen atoms in total. The van der Waals surface area contributed by atoms with Gasteiger partial charge in [-0.05, 0) is 6.07 Å². The zero-order valence-corrected chi connectivity index (χ0v) is 13.4.